The number of halogens is 2. The minimum Gasteiger partial charge on any atom is -0.192 e. The van der Waals surface area contributed by atoms with Crippen LogP contribution in [-0.2, 0) is 0 Å². The molecule has 56 valence electrons. The van der Waals surface area contributed by atoms with E-state index in [4.69, 9.17) is 5.26 Å². The van der Waals surface area contributed by atoms with Crippen molar-refractivity contribution in [3.8, 4) is 6.07 Å². The molecule has 0 saturated heterocycles. The molecule has 3 heteroatoms. The molecule has 0 radical (unpaired) electrons. The van der Waals surface area contributed by atoms with Gasteiger partial charge in [-0.15, -0.1) is 0 Å². The highest BCUT2D eigenvalue weighted by Crippen LogP contribution is 2.21. The summed E-state index contributed by atoms with van der Waals surface area (Å²) in [5.41, 5.74) is 1.86. The summed E-state index contributed by atoms with van der Waals surface area (Å²) >= 11 is 4.53. The lowest BCUT2D eigenvalue weighted by molar-refractivity contribution is 1.35. The third-order valence-corrected chi connectivity index (χ3v) is 4.78. The van der Waals surface area contributed by atoms with E-state index in [1.165, 1.54) is 7.14 Å². The lowest BCUT2D eigenvalue weighted by atomic mass is 10.1. The van der Waals surface area contributed by atoms with Gasteiger partial charge in [0, 0.05) is 7.14 Å². The maximum atomic E-state index is 8.68. The molecule has 0 aliphatic rings. The highest BCUT2D eigenvalue weighted by molar-refractivity contribution is 14.1. The Morgan fingerprint density at radius 1 is 1.36 bits per heavy atom. The molecule has 0 N–H and O–H groups in total. The summed E-state index contributed by atoms with van der Waals surface area (Å²) in [4.78, 5) is 0. The Kier molecular flexibility index (Phi) is 3.13. The molecule has 0 aliphatic carbocycles. The first-order valence-corrected chi connectivity index (χ1v) is 5.17. The predicted octanol–water partition coefficient (Wildman–Crippen LogP) is 3.08. The Morgan fingerprint density at radius 3 is 2.55 bits per heavy atom. The Bertz CT molecular complexity index is 326. The van der Waals surface area contributed by atoms with E-state index in [1.54, 1.807) is 0 Å². The monoisotopic (exact) mass is 369 g/mol. The van der Waals surface area contributed by atoms with Crippen LogP contribution in [0.5, 0.6) is 0 Å². The van der Waals surface area contributed by atoms with E-state index in [0.717, 1.165) is 11.1 Å². The molecule has 1 rings (SSSR count). The molecule has 1 nitrogen and oxygen atoms in total. The number of rotatable bonds is 0. The van der Waals surface area contributed by atoms with Crippen LogP contribution in [0.4, 0.5) is 0 Å². The lowest BCUT2D eigenvalue weighted by Gasteiger charge is -2.01. The van der Waals surface area contributed by atoms with E-state index < -0.39 is 0 Å². The van der Waals surface area contributed by atoms with Crippen molar-refractivity contribution >= 4 is 45.2 Å². The third kappa shape index (κ3) is 1.85. The molecular formula is C8H5I2N. The van der Waals surface area contributed by atoms with Crippen molar-refractivity contribution in [2.75, 3.05) is 0 Å². The second kappa shape index (κ2) is 3.72. The minimum atomic E-state index is 0.773. The summed E-state index contributed by atoms with van der Waals surface area (Å²) in [6.45, 7) is 1.97. The van der Waals surface area contributed by atoms with Gasteiger partial charge in [-0.25, -0.2) is 0 Å². The number of hydrogen-bond donors (Lipinski definition) is 0. The van der Waals surface area contributed by atoms with Crippen LogP contribution < -0.4 is 0 Å². The first-order chi connectivity index (χ1) is 5.16. The van der Waals surface area contributed by atoms with Gasteiger partial charge < -0.3 is 0 Å². The smallest absolute Gasteiger partial charge is 0.0994 e. The van der Waals surface area contributed by atoms with Gasteiger partial charge in [-0.1, -0.05) is 0 Å². The molecule has 11 heavy (non-hydrogen) atoms. The first kappa shape index (κ1) is 9.26. The Hall–Kier alpha value is 0.170. The average Bonchev–Trinajstić information content (AvgIpc) is 2.01. The second-order valence-electron chi connectivity index (χ2n) is 2.15. The van der Waals surface area contributed by atoms with Crippen LogP contribution in [0.2, 0.25) is 0 Å². The zero-order valence-corrected chi connectivity index (χ0v) is 10.2. The molecule has 0 saturated carbocycles. The van der Waals surface area contributed by atoms with Gasteiger partial charge >= 0.3 is 0 Å². The standard InChI is InChI=1S/C8H5I2N/c1-5-6(4-11)2-3-7(9)8(5)10/h2-3H,1H3. The summed E-state index contributed by atoms with van der Waals surface area (Å²) in [6, 6.07) is 5.98. The summed E-state index contributed by atoms with van der Waals surface area (Å²) in [5, 5.41) is 8.68. The van der Waals surface area contributed by atoms with Crippen molar-refractivity contribution in [3.05, 3.63) is 30.4 Å². The van der Waals surface area contributed by atoms with E-state index in [1.807, 2.05) is 19.1 Å². The fraction of sp³-hybridized carbons (Fsp3) is 0.125. The average molecular weight is 369 g/mol. The van der Waals surface area contributed by atoms with Crippen LogP contribution in [0.1, 0.15) is 11.1 Å². The third-order valence-electron chi connectivity index (χ3n) is 1.46. The molecule has 0 heterocycles. The highest BCUT2D eigenvalue weighted by Gasteiger charge is 2.03. The minimum absolute atomic E-state index is 0.773. The second-order valence-corrected chi connectivity index (χ2v) is 4.39. The summed E-state index contributed by atoms with van der Waals surface area (Å²) in [5.74, 6) is 0. The topological polar surface area (TPSA) is 23.8 Å². The Morgan fingerprint density at radius 2 is 2.00 bits per heavy atom. The van der Waals surface area contributed by atoms with Gasteiger partial charge in [-0.3, -0.25) is 0 Å². The molecule has 1 aromatic carbocycles. The molecular weight excluding hydrogens is 364 g/mol. The molecule has 0 aliphatic heterocycles. The number of hydrogen-bond acceptors (Lipinski definition) is 1. The van der Waals surface area contributed by atoms with Crippen molar-refractivity contribution in [2.24, 2.45) is 0 Å². The fourth-order valence-corrected chi connectivity index (χ4v) is 1.83. The van der Waals surface area contributed by atoms with Crippen LogP contribution in [0.25, 0.3) is 0 Å². The van der Waals surface area contributed by atoms with E-state index in [-0.39, 0.29) is 0 Å². The van der Waals surface area contributed by atoms with Crippen molar-refractivity contribution < 1.29 is 0 Å². The molecule has 0 aromatic heterocycles. The fourth-order valence-electron chi connectivity index (χ4n) is 0.773. The van der Waals surface area contributed by atoms with Crippen molar-refractivity contribution in [3.63, 3.8) is 0 Å². The van der Waals surface area contributed by atoms with Crippen LogP contribution in [-0.4, -0.2) is 0 Å². The van der Waals surface area contributed by atoms with E-state index >= 15 is 0 Å². The molecule has 0 unspecified atom stereocenters. The summed E-state index contributed by atoms with van der Waals surface area (Å²) in [6.07, 6.45) is 0. The number of benzene rings is 1. The molecule has 0 atom stereocenters. The lowest BCUT2D eigenvalue weighted by Crippen LogP contribution is -1.89. The number of nitriles is 1. The Labute approximate surface area is 93.1 Å². The highest BCUT2D eigenvalue weighted by atomic mass is 127. The van der Waals surface area contributed by atoms with Crippen LogP contribution in [0, 0.1) is 25.4 Å². The predicted molar refractivity (Wildman–Crippen MR) is 61.3 cm³/mol. The molecule has 0 amide bonds. The van der Waals surface area contributed by atoms with Crippen molar-refractivity contribution in [2.45, 2.75) is 6.92 Å². The van der Waals surface area contributed by atoms with E-state index in [2.05, 4.69) is 51.3 Å². The van der Waals surface area contributed by atoms with Gasteiger partial charge in [0.1, 0.15) is 0 Å². The Balaban J connectivity index is 3.40. The molecule has 0 fully saturated rings. The van der Waals surface area contributed by atoms with Crippen molar-refractivity contribution in [1.82, 2.24) is 0 Å². The summed E-state index contributed by atoms with van der Waals surface area (Å²) < 4.78 is 2.39. The van der Waals surface area contributed by atoms with Gasteiger partial charge in [0.15, 0.2) is 0 Å². The normalized spacial score (nSPS) is 9.27. The molecule has 0 spiro atoms. The maximum absolute atomic E-state index is 8.68. The first-order valence-electron chi connectivity index (χ1n) is 3.01. The zero-order chi connectivity index (χ0) is 8.43. The quantitative estimate of drug-likeness (QED) is 0.645. The largest absolute Gasteiger partial charge is 0.192 e. The summed E-state index contributed by atoms with van der Waals surface area (Å²) in [7, 11) is 0. The van der Waals surface area contributed by atoms with Gasteiger partial charge in [0.2, 0.25) is 0 Å². The van der Waals surface area contributed by atoms with Gasteiger partial charge in [0.25, 0.3) is 0 Å². The van der Waals surface area contributed by atoms with Crippen molar-refractivity contribution in [1.29, 1.82) is 5.26 Å². The van der Waals surface area contributed by atoms with Gasteiger partial charge in [-0.05, 0) is 69.8 Å². The maximum Gasteiger partial charge on any atom is 0.0994 e. The van der Waals surface area contributed by atoms with Crippen LogP contribution >= 0.6 is 45.2 Å². The molecule has 0 bridgehead atoms. The number of nitrogens with zero attached hydrogens (tertiary/aromatic N) is 1. The van der Waals surface area contributed by atoms with Crippen LogP contribution in [0.15, 0.2) is 12.1 Å². The van der Waals surface area contributed by atoms with Gasteiger partial charge in [-0.2, -0.15) is 5.26 Å². The van der Waals surface area contributed by atoms with Crippen LogP contribution in [0.3, 0.4) is 0 Å². The SMILES string of the molecule is Cc1c(C#N)ccc(I)c1I. The van der Waals surface area contributed by atoms with E-state index in [0.29, 0.717) is 0 Å². The van der Waals surface area contributed by atoms with Gasteiger partial charge in [0.05, 0.1) is 11.6 Å². The zero-order valence-electron chi connectivity index (χ0n) is 5.86. The molecule has 1 aromatic rings. The van der Waals surface area contributed by atoms with E-state index in [9.17, 15) is 0 Å².